The van der Waals surface area contributed by atoms with Gasteiger partial charge in [-0.05, 0) is 32.9 Å². The molecule has 0 aromatic heterocycles. The second kappa shape index (κ2) is 7.83. The van der Waals surface area contributed by atoms with E-state index >= 15 is 0 Å². The lowest BCUT2D eigenvalue weighted by atomic mass is 10.1. The van der Waals surface area contributed by atoms with Crippen molar-refractivity contribution in [1.82, 2.24) is 4.90 Å². The lowest BCUT2D eigenvalue weighted by Crippen LogP contribution is -2.32. The van der Waals surface area contributed by atoms with E-state index in [1.165, 1.54) is 38.5 Å². The molecule has 1 rings (SSSR count). The van der Waals surface area contributed by atoms with Crippen molar-refractivity contribution in [3.05, 3.63) is 0 Å². The molecule has 16 heavy (non-hydrogen) atoms. The standard InChI is InChI=1S/C14H27NO/c1-3-14(16)11-8-12-15(2)13-9-6-4-5-7-10-13/h13H,3-12H2,1-2H3. The fraction of sp³-hybridized carbons (Fsp3) is 0.929. The van der Waals surface area contributed by atoms with Crippen LogP contribution in [0.1, 0.15) is 64.7 Å². The van der Waals surface area contributed by atoms with Crippen LogP contribution < -0.4 is 0 Å². The van der Waals surface area contributed by atoms with E-state index in [0.29, 0.717) is 12.2 Å². The predicted octanol–water partition coefficient (Wildman–Crippen LogP) is 3.40. The Balaban J connectivity index is 2.17. The van der Waals surface area contributed by atoms with Crippen molar-refractivity contribution < 1.29 is 4.79 Å². The van der Waals surface area contributed by atoms with Crippen molar-refractivity contribution in [2.24, 2.45) is 0 Å². The highest BCUT2D eigenvalue weighted by Gasteiger charge is 2.16. The number of hydrogen-bond acceptors (Lipinski definition) is 2. The van der Waals surface area contributed by atoms with Crippen LogP contribution in [0.2, 0.25) is 0 Å². The van der Waals surface area contributed by atoms with Crippen LogP contribution in [-0.4, -0.2) is 30.3 Å². The molecule has 0 aliphatic heterocycles. The quantitative estimate of drug-likeness (QED) is 0.646. The van der Waals surface area contributed by atoms with Gasteiger partial charge in [-0.3, -0.25) is 4.79 Å². The summed E-state index contributed by atoms with van der Waals surface area (Å²) in [5, 5.41) is 0. The Hall–Kier alpha value is -0.370. The Labute approximate surface area is 100 Å². The molecule has 94 valence electrons. The minimum atomic E-state index is 0.411. The first kappa shape index (κ1) is 13.7. The Bertz CT molecular complexity index is 195. The fourth-order valence-corrected chi connectivity index (χ4v) is 2.58. The maximum absolute atomic E-state index is 11.2. The van der Waals surface area contributed by atoms with Gasteiger partial charge >= 0.3 is 0 Å². The normalized spacial score (nSPS) is 18.7. The van der Waals surface area contributed by atoms with Crippen molar-refractivity contribution in [3.63, 3.8) is 0 Å². The van der Waals surface area contributed by atoms with E-state index in [-0.39, 0.29) is 0 Å². The van der Waals surface area contributed by atoms with Crippen LogP contribution in [0.5, 0.6) is 0 Å². The van der Waals surface area contributed by atoms with Crippen LogP contribution in [0.25, 0.3) is 0 Å². The van der Waals surface area contributed by atoms with Crippen LogP contribution >= 0.6 is 0 Å². The molecule has 0 N–H and O–H groups in total. The number of ketones is 1. The zero-order valence-corrected chi connectivity index (χ0v) is 11.0. The monoisotopic (exact) mass is 225 g/mol. The third-order valence-corrected chi connectivity index (χ3v) is 3.81. The fourth-order valence-electron chi connectivity index (χ4n) is 2.58. The third-order valence-electron chi connectivity index (χ3n) is 3.81. The molecule has 1 saturated carbocycles. The maximum atomic E-state index is 11.2. The average molecular weight is 225 g/mol. The number of hydrogen-bond donors (Lipinski definition) is 0. The summed E-state index contributed by atoms with van der Waals surface area (Å²) in [6.45, 7) is 3.05. The number of nitrogens with zero attached hydrogens (tertiary/aromatic N) is 1. The minimum Gasteiger partial charge on any atom is -0.303 e. The first-order valence-corrected chi connectivity index (χ1v) is 6.96. The Morgan fingerprint density at radius 2 is 1.81 bits per heavy atom. The summed E-state index contributed by atoms with van der Waals surface area (Å²) in [5.74, 6) is 0.411. The molecule has 0 saturated heterocycles. The second-order valence-corrected chi connectivity index (χ2v) is 5.12. The molecule has 1 aliphatic rings. The molecule has 0 atom stereocenters. The van der Waals surface area contributed by atoms with Gasteiger partial charge in [0.2, 0.25) is 0 Å². The lowest BCUT2D eigenvalue weighted by Gasteiger charge is -2.26. The molecule has 1 aliphatic carbocycles. The summed E-state index contributed by atoms with van der Waals surface area (Å²) >= 11 is 0. The highest BCUT2D eigenvalue weighted by molar-refractivity contribution is 5.77. The van der Waals surface area contributed by atoms with Gasteiger partial charge in [0.05, 0.1) is 0 Å². The Morgan fingerprint density at radius 1 is 1.19 bits per heavy atom. The smallest absolute Gasteiger partial charge is 0.132 e. The summed E-state index contributed by atoms with van der Waals surface area (Å²) in [4.78, 5) is 13.7. The number of carbonyl (C=O) groups excluding carboxylic acids is 1. The molecule has 2 nitrogen and oxygen atoms in total. The SMILES string of the molecule is CCC(=O)CCCN(C)C1CCCCCC1. The van der Waals surface area contributed by atoms with Gasteiger partial charge in [0.25, 0.3) is 0 Å². The molecule has 0 heterocycles. The van der Waals surface area contributed by atoms with Crippen LogP contribution in [0, 0.1) is 0 Å². The van der Waals surface area contributed by atoms with Gasteiger partial charge in [0.1, 0.15) is 5.78 Å². The molecule has 1 fully saturated rings. The van der Waals surface area contributed by atoms with E-state index in [2.05, 4.69) is 11.9 Å². The van der Waals surface area contributed by atoms with Crippen molar-refractivity contribution in [3.8, 4) is 0 Å². The van der Waals surface area contributed by atoms with Crippen LogP contribution in [0.15, 0.2) is 0 Å². The molecule has 0 radical (unpaired) electrons. The number of carbonyl (C=O) groups is 1. The number of Topliss-reactive ketones (excluding diaryl/α,β-unsaturated/α-hetero) is 1. The second-order valence-electron chi connectivity index (χ2n) is 5.12. The predicted molar refractivity (Wildman–Crippen MR) is 68.7 cm³/mol. The molecular weight excluding hydrogens is 198 g/mol. The lowest BCUT2D eigenvalue weighted by molar-refractivity contribution is -0.118. The van der Waals surface area contributed by atoms with Crippen molar-refractivity contribution >= 4 is 5.78 Å². The maximum Gasteiger partial charge on any atom is 0.132 e. The van der Waals surface area contributed by atoms with Gasteiger partial charge in [0, 0.05) is 18.9 Å². The zero-order chi connectivity index (χ0) is 11.8. The molecule has 0 aromatic carbocycles. The highest BCUT2D eigenvalue weighted by Crippen LogP contribution is 2.21. The van der Waals surface area contributed by atoms with Crippen molar-refractivity contribution in [2.75, 3.05) is 13.6 Å². The molecule has 0 spiro atoms. The van der Waals surface area contributed by atoms with Crippen LogP contribution in [0.3, 0.4) is 0 Å². The largest absolute Gasteiger partial charge is 0.303 e. The van der Waals surface area contributed by atoms with E-state index in [1.807, 2.05) is 6.92 Å². The molecule has 2 heteroatoms. The first-order chi connectivity index (χ1) is 7.74. The van der Waals surface area contributed by atoms with Gasteiger partial charge in [-0.2, -0.15) is 0 Å². The molecular formula is C14H27NO. The van der Waals surface area contributed by atoms with E-state index < -0.39 is 0 Å². The minimum absolute atomic E-state index is 0.411. The zero-order valence-electron chi connectivity index (χ0n) is 11.0. The molecule has 0 unspecified atom stereocenters. The van der Waals surface area contributed by atoms with Gasteiger partial charge in [-0.15, -0.1) is 0 Å². The highest BCUT2D eigenvalue weighted by atomic mass is 16.1. The Morgan fingerprint density at radius 3 is 2.38 bits per heavy atom. The average Bonchev–Trinajstić information content (AvgIpc) is 2.57. The summed E-state index contributed by atoms with van der Waals surface area (Å²) in [7, 11) is 2.23. The summed E-state index contributed by atoms with van der Waals surface area (Å²) in [5.41, 5.74) is 0. The van der Waals surface area contributed by atoms with Crippen molar-refractivity contribution in [2.45, 2.75) is 70.8 Å². The van der Waals surface area contributed by atoms with Gasteiger partial charge in [-0.25, -0.2) is 0 Å². The first-order valence-electron chi connectivity index (χ1n) is 6.96. The van der Waals surface area contributed by atoms with E-state index in [9.17, 15) is 4.79 Å². The van der Waals surface area contributed by atoms with Crippen molar-refractivity contribution in [1.29, 1.82) is 0 Å². The molecule has 0 aromatic rings. The van der Waals surface area contributed by atoms with E-state index in [4.69, 9.17) is 0 Å². The van der Waals surface area contributed by atoms with Gasteiger partial charge in [0.15, 0.2) is 0 Å². The van der Waals surface area contributed by atoms with Crippen LogP contribution in [0.4, 0.5) is 0 Å². The van der Waals surface area contributed by atoms with E-state index in [0.717, 1.165) is 25.4 Å². The summed E-state index contributed by atoms with van der Waals surface area (Å²) < 4.78 is 0. The molecule has 0 amide bonds. The summed E-state index contributed by atoms with van der Waals surface area (Å²) in [6, 6.07) is 0.777. The molecule has 0 bridgehead atoms. The topological polar surface area (TPSA) is 20.3 Å². The van der Waals surface area contributed by atoms with Gasteiger partial charge in [-0.1, -0.05) is 32.6 Å². The van der Waals surface area contributed by atoms with Crippen LogP contribution in [-0.2, 0) is 4.79 Å². The number of rotatable bonds is 6. The summed E-state index contributed by atoms with van der Waals surface area (Å²) in [6.07, 6.45) is 10.8. The Kier molecular flexibility index (Phi) is 6.70. The van der Waals surface area contributed by atoms with Gasteiger partial charge < -0.3 is 4.90 Å². The third kappa shape index (κ3) is 5.11. The van der Waals surface area contributed by atoms with E-state index in [1.54, 1.807) is 0 Å².